The highest BCUT2D eigenvalue weighted by Crippen LogP contribution is 2.51. The van der Waals surface area contributed by atoms with Gasteiger partial charge in [0.25, 0.3) is 0 Å². The molecule has 0 heteroatoms. The van der Waals surface area contributed by atoms with Gasteiger partial charge in [0.1, 0.15) is 0 Å². The average molecular weight is 268 g/mol. The first-order valence-corrected chi connectivity index (χ1v) is 8.28. The minimum Gasteiger partial charge on any atom is -0.0998 e. The van der Waals surface area contributed by atoms with Crippen LogP contribution in [0.1, 0.15) is 59.3 Å². The van der Waals surface area contributed by atoms with Crippen LogP contribution in [0.4, 0.5) is 0 Å². The lowest BCUT2D eigenvalue weighted by molar-refractivity contribution is 0.417. The summed E-state index contributed by atoms with van der Waals surface area (Å²) in [5, 5.41) is 0. The molecule has 0 amide bonds. The predicted octanol–water partition coefficient (Wildman–Crippen LogP) is 5.98. The molecule has 0 saturated heterocycles. The molecule has 0 spiro atoms. The van der Waals surface area contributed by atoms with Gasteiger partial charge in [-0.1, -0.05) is 35.5 Å². The lowest BCUT2D eigenvalue weighted by Gasteiger charge is -2.34. The molecule has 3 aliphatic carbocycles. The molecular formula is C20H28. The van der Waals surface area contributed by atoms with Crippen molar-refractivity contribution in [2.75, 3.05) is 0 Å². The Labute approximate surface area is 124 Å². The summed E-state index contributed by atoms with van der Waals surface area (Å²) in [5.41, 5.74) is 8.31. The van der Waals surface area contributed by atoms with Crippen molar-refractivity contribution in [2.24, 2.45) is 17.8 Å². The van der Waals surface area contributed by atoms with E-state index in [-0.39, 0.29) is 0 Å². The normalized spacial score (nSPS) is 33.6. The molecule has 0 nitrogen and oxygen atoms in total. The molecule has 3 atom stereocenters. The molecular weight excluding hydrogens is 240 g/mol. The predicted molar refractivity (Wildman–Crippen MR) is 87.5 cm³/mol. The van der Waals surface area contributed by atoms with Crippen molar-refractivity contribution in [3.8, 4) is 0 Å². The molecule has 3 aliphatic rings. The summed E-state index contributed by atoms with van der Waals surface area (Å²) in [4.78, 5) is 0. The van der Waals surface area contributed by atoms with Gasteiger partial charge in [0.15, 0.2) is 0 Å². The Bertz CT molecular complexity index is 512. The van der Waals surface area contributed by atoms with Gasteiger partial charge in [0, 0.05) is 0 Å². The molecule has 0 aromatic heterocycles. The Morgan fingerprint density at radius 2 is 1.95 bits per heavy atom. The van der Waals surface area contributed by atoms with Gasteiger partial charge in [-0.15, -0.1) is 0 Å². The van der Waals surface area contributed by atoms with Crippen LogP contribution < -0.4 is 0 Å². The first kappa shape index (κ1) is 13.9. The van der Waals surface area contributed by atoms with E-state index in [0.717, 1.165) is 5.92 Å². The maximum Gasteiger partial charge on any atom is -0.0102 e. The highest BCUT2D eigenvalue weighted by molar-refractivity contribution is 5.45. The number of hydrogen-bond acceptors (Lipinski definition) is 0. The zero-order valence-corrected chi connectivity index (χ0v) is 13.3. The Hall–Kier alpha value is -1.04. The van der Waals surface area contributed by atoms with Crippen LogP contribution in [-0.4, -0.2) is 0 Å². The van der Waals surface area contributed by atoms with Crippen LogP contribution >= 0.6 is 0 Å². The van der Waals surface area contributed by atoms with E-state index in [4.69, 9.17) is 0 Å². The Morgan fingerprint density at radius 3 is 2.50 bits per heavy atom. The van der Waals surface area contributed by atoms with E-state index in [1.54, 1.807) is 22.3 Å². The fourth-order valence-electron chi connectivity index (χ4n) is 4.68. The molecule has 108 valence electrons. The highest BCUT2D eigenvalue weighted by atomic mass is 14.4. The molecule has 3 unspecified atom stereocenters. The Kier molecular flexibility index (Phi) is 3.75. The number of fused-ring (bicyclic) bond motifs is 2. The largest absolute Gasteiger partial charge is 0.0998 e. The fraction of sp³-hybridized carbons (Fsp3) is 0.600. The SMILES string of the molecule is C=C(C)C1CC(C2=C3CCC(C3)C2)=C(C)CC1C=CC. The summed E-state index contributed by atoms with van der Waals surface area (Å²) < 4.78 is 0. The van der Waals surface area contributed by atoms with Crippen LogP contribution in [-0.2, 0) is 0 Å². The third kappa shape index (κ3) is 2.34. The number of rotatable bonds is 3. The molecule has 1 saturated carbocycles. The van der Waals surface area contributed by atoms with E-state index in [9.17, 15) is 0 Å². The van der Waals surface area contributed by atoms with Crippen molar-refractivity contribution < 1.29 is 0 Å². The third-order valence-electron chi connectivity index (χ3n) is 5.74. The van der Waals surface area contributed by atoms with Gasteiger partial charge in [-0.2, -0.15) is 0 Å². The maximum absolute atomic E-state index is 4.27. The molecule has 2 bridgehead atoms. The van der Waals surface area contributed by atoms with Gasteiger partial charge in [0.05, 0.1) is 0 Å². The van der Waals surface area contributed by atoms with Gasteiger partial charge in [-0.3, -0.25) is 0 Å². The topological polar surface area (TPSA) is 0 Å². The standard InChI is InChI=1S/C20H28/c1-5-6-16-9-14(4)19(12-18(16)13(2)3)20-11-15-7-8-17(20)10-15/h5-6,15-16,18H,2,7-12H2,1,3-4H3. The minimum atomic E-state index is 0.650. The van der Waals surface area contributed by atoms with E-state index in [1.807, 2.05) is 0 Å². The van der Waals surface area contributed by atoms with Crippen LogP contribution in [0.25, 0.3) is 0 Å². The first-order chi connectivity index (χ1) is 9.60. The van der Waals surface area contributed by atoms with Crippen molar-refractivity contribution in [1.29, 1.82) is 0 Å². The molecule has 3 rings (SSSR count). The second-order valence-electron chi connectivity index (χ2n) is 7.20. The lowest BCUT2D eigenvalue weighted by Crippen LogP contribution is -2.21. The maximum atomic E-state index is 4.27. The van der Waals surface area contributed by atoms with Crippen molar-refractivity contribution in [3.63, 3.8) is 0 Å². The van der Waals surface area contributed by atoms with Gasteiger partial charge >= 0.3 is 0 Å². The first-order valence-electron chi connectivity index (χ1n) is 8.28. The lowest BCUT2D eigenvalue weighted by atomic mass is 9.70. The summed E-state index contributed by atoms with van der Waals surface area (Å²) in [6, 6.07) is 0. The molecule has 20 heavy (non-hydrogen) atoms. The monoisotopic (exact) mass is 268 g/mol. The van der Waals surface area contributed by atoms with E-state index in [2.05, 4.69) is 39.5 Å². The fourth-order valence-corrected chi connectivity index (χ4v) is 4.68. The second kappa shape index (κ2) is 5.39. The number of allylic oxidation sites excluding steroid dienone is 7. The number of hydrogen-bond donors (Lipinski definition) is 0. The summed E-state index contributed by atoms with van der Waals surface area (Å²) in [5.74, 6) is 2.31. The smallest absolute Gasteiger partial charge is 0.0102 e. The van der Waals surface area contributed by atoms with Crippen molar-refractivity contribution in [3.05, 3.63) is 46.6 Å². The van der Waals surface area contributed by atoms with Crippen LogP contribution in [0.15, 0.2) is 46.6 Å². The summed E-state index contributed by atoms with van der Waals surface area (Å²) in [7, 11) is 0. The van der Waals surface area contributed by atoms with Crippen LogP contribution in [0.2, 0.25) is 0 Å². The van der Waals surface area contributed by atoms with E-state index in [0.29, 0.717) is 11.8 Å². The Morgan fingerprint density at radius 1 is 1.15 bits per heavy atom. The molecule has 0 radical (unpaired) electrons. The second-order valence-corrected chi connectivity index (χ2v) is 7.20. The van der Waals surface area contributed by atoms with E-state index < -0.39 is 0 Å². The molecule has 0 aromatic rings. The van der Waals surface area contributed by atoms with Crippen molar-refractivity contribution in [2.45, 2.75) is 59.3 Å². The van der Waals surface area contributed by atoms with Crippen LogP contribution in [0.3, 0.4) is 0 Å². The summed E-state index contributed by atoms with van der Waals surface area (Å²) in [6.07, 6.45) is 12.7. The molecule has 0 N–H and O–H groups in total. The zero-order valence-electron chi connectivity index (χ0n) is 13.3. The van der Waals surface area contributed by atoms with Gasteiger partial charge in [-0.25, -0.2) is 0 Å². The minimum absolute atomic E-state index is 0.650. The van der Waals surface area contributed by atoms with Crippen LogP contribution in [0.5, 0.6) is 0 Å². The van der Waals surface area contributed by atoms with Gasteiger partial charge in [-0.05, 0) is 88.2 Å². The van der Waals surface area contributed by atoms with Crippen LogP contribution in [0, 0.1) is 17.8 Å². The Balaban J connectivity index is 1.92. The van der Waals surface area contributed by atoms with E-state index in [1.165, 1.54) is 44.1 Å². The highest BCUT2D eigenvalue weighted by Gasteiger charge is 2.35. The molecule has 0 heterocycles. The molecule has 1 fully saturated rings. The van der Waals surface area contributed by atoms with Crippen molar-refractivity contribution >= 4 is 0 Å². The van der Waals surface area contributed by atoms with Gasteiger partial charge < -0.3 is 0 Å². The zero-order chi connectivity index (χ0) is 14.3. The summed E-state index contributed by atoms with van der Waals surface area (Å²) in [6.45, 7) is 11.0. The summed E-state index contributed by atoms with van der Waals surface area (Å²) >= 11 is 0. The third-order valence-corrected chi connectivity index (χ3v) is 5.74. The molecule has 0 aromatic carbocycles. The van der Waals surface area contributed by atoms with Crippen molar-refractivity contribution in [1.82, 2.24) is 0 Å². The van der Waals surface area contributed by atoms with E-state index >= 15 is 0 Å². The average Bonchev–Trinajstić information content (AvgIpc) is 3.01. The quantitative estimate of drug-likeness (QED) is 0.552. The van der Waals surface area contributed by atoms with Gasteiger partial charge in [0.2, 0.25) is 0 Å². The molecule has 0 aliphatic heterocycles.